The van der Waals surface area contributed by atoms with Crippen LogP contribution in [0.4, 0.5) is 8.78 Å². The van der Waals surface area contributed by atoms with Crippen molar-refractivity contribution in [3.05, 3.63) is 59.4 Å². The Labute approximate surface area is 149 Å². The van der Waals surface area contributed by atoms with Gasteiger partial charge in [0.2, 0.25) is 0 Å². The third-order valence-corrected chi connectivity index (χ3v) is 3.89. The third kappa shape index (κ3) is 3.82. The molecule has 0 unspecified atom stereocenters. The number of ether oxygens (including phenoxy) is 1. The van der Waals surface area contributed by atoms with Gasteiger partial charge >= 0.3 is 5.97 Å². The summed E-state index contributed by atoms with van der Waals surface area (Å²) in [6.45, 7) is 1.69. The Balaban J connectivity index is 2.04. The van der Waals surface area contributed by atoms with Crippen LogP contribution in [0.25, 0.3) is 11.4 Å². The van der Waals surface area contributed by atoms with Crippen LogP contribution in [0.1, 0.15) is 25.3 Å². The number of halogens is 2. The SMILES string of the molecule is CCOC(=O)C(C=NC1CC1)=C(O)c1cc(F)c(-n2cccc2)cc1F. The molecule has 0 amide bonds. The van der Waals surface area contributed by atoms with Gasteiger partial charge in [-0.25, -0.2) is 13.6 Å². The van der Waals surface area contributed by atoms with Gasteiger partial charge in [-0.3, -0.25) is 4.99 Å². The van der Waals surface area contributed by atoms with Crippen molar-refractivity contribution in [3.63, 3.8) is 0 Å². The second kappa shape index (κ2) is 7.51. The van der Waals surface area contributed by atoms with Gasteiger partial charge in [0.1, 0.15) is 23.0 Å². The maximum absolute atomic E-state index is 14.5. The minimum atomic E-state index is -0.866. The lowest BCUT2D eigenvalue weighted by atomic mass is 10.1. The maximum Gasteiger partial charge on any atom is 0.343 e. The second-order valence-corrected chi connectivity index (χ2v) is 5.87. The normalized spacial score (nSPS) is 15.2. The Morgan fingerprint density at radius 1 is 1.31 bits per heavy atom. The number of hydrogen-bond donors (Lipinski definition) is 1. The summed E-state index contributed by atoms with van der Waals surface area (Å²) < 4.78 is 35.2. The van der Waals surface area contributed by atoms with Crippen molar-refractivity contribution in [1.82, 2.24) is 4.57 Å². The van der Waals surface area contributed by atoms with Gasteiger partial charge < -0.3 is 14.4 Å². The van der Waals surface area contributed by atoms with E-state index in [4.69, 9.17) is 4.74 Å². The van der Waals surface area contributed by atoms with Crippen LogP contribution in [0.2, 0.25) is 0 Å². The molecule has 1 saturated carbocycles. The molecule has 5 nitrogen and oxygen atoms in total. The molecule has 7 heteroatoms. The molecule has 136 valence electrons. The molecule has 0 aliphatic heterocycles. The largest absolute Gasteiger partial charge is 0.506 e. The van der Waals surface area contributed by atoms with Crippen LogP contribution in [0.15, 0.2) is 47.2 Å². The predicted octanol–water partition coefficient (Wildman–Crippen LogP) is 3.82. The first kappa shape index (κ1) is 17.8. The number of aliphatic imine (C=N–C) groups is 1. The van der Waals surface area contributed by atoms with Gasteiger partial charge in [-0.15, -0.1) is 0 Å². The van der Waals surface area contributed by atoms with Crippen LogP contribution >= 0.6 is 0 Å². The molecule has 1 aliphatic carbocycles. The molecule has 1 heterocycles. The first-order chi connectivity index (χ1) is 12.5. The number of esters is 1. The van der Waals surface area contributed by atoms with E-state index in [-0.39, 0.29) is 23.9 Å². The van der Waals surface area contributed by atoms with Crippen molar-refractivity contribution < 1.29 is 23.4 Å². The Kier molecular flexibility index (Phi) is 5.16. The zero-order valence-electron chi connectivity index (χ0n) is 14.2. The summed E-state index contributed by atoms with van der Waals surface area (Å²) in [5, 5.41) is 10.4. The van der Waals surface area contributed by atoms with Crippen molar-refractivity contribution in [2.75, 3.05) is 6.61 Å². The fourth-order valence-electron chi connectivity index (χ4n) is 2.38. The van der Waals surface area contributed by atoms with Crippen LogP contribution in [-0.2, 0) is 9.53 Å². The van der Waals surface area contributed by atoms with Crippen molar-refractivity contribution in [1.29, 1.82) is 0 Å². The number of nitrogens with zero attached hydrogens (tertiary/aromatic N) is 2. The number of carbonyl (C=O) groups is 1. The summed E-state index contributed by atoms with van der Waals surface area (Å²) in [6.07, 6.45) is 6.09. The number of aliphatic hydroxyl groups is 1. The smallest absolute Gasteiger partial charge is 0.343 e. The number of rotatable bonds is 6. The van der Waals surface area contributed by atoms with E-state index < -0.39 is 28.9 Å². The fraction of sp³-hybridized carbons (Fsp3) is 0.263. The van der Waals surface area contributed by atoms with Gasteiger partial charge in [0.05, 0.1) is 23.9 Å². The lowest BCUT2D eigenvalue weighted by molar-refractivity contribution is -0.137. The van der Waals surface area contributed by atoms with Gasteiger partial charge in [-0.2, -0.15) is 0 Å². The molecular weight excluding hydrogens is 342 g/mol. The average molecular weight is 360 g/mol. The van der Waals surface area contributed by atoms with Crippen molar-refractivity contribution in [2.45, 2.75) is 25.8 Å². The average Bonchev–Trinajstić information content (AvgIpc) is 3.28. The zero-order chi connectivity index (χ0) is 18.7. The second-order valence-electron chi connectivity index (χ2n) is 5.87. The number of carbonyl (C=O) groups excluding carboxylic acids is 1. The van der Waals surface area contributed by atoms with E-state index in [1.165, 1.54) is 10.8 Å². The highest BCUT2D eigenvalue weighted by molar-refractivity contribution is 6.15. The van der Waals surface area contributed by atoms with Crippen molar-refractivity contribution in [2.24, 2.45) is 4.99 Å². The fourth-order valence-corrected chi connectivity index (χ4v) is 2.38. The van der Waals surface area contributed by atoms with E-state index in [0.29, 0.717) is 0 Å². The van der Waals surface area contributed by atoms with Crippen LogP contribution in [-0.4, -0.2) is 34.5 Å². The zero-order valence-corrected chi connectivity index (χ0v) is 14.2. The van der Waals surface area contributed by atoms with Crippen LogP contribution in [0.3, 0.4) is 0 Å². The molecule has 3 rings (SSSR count). The van der Waals surface area contributed by atoms with E-state index in [2.05, 4.69) is 4.99 Å². The van der Waals surface area contributed by atoms with E-state index >= 15 is 0 Å². The van der Waals surface area contributed by atoms with Gasteiger partial charge in [-0.1, -0.05) is 0 Å². The van der Waals surface area contributed by atoms with E-state index in [1.807, 2.05) is 0 Å². The molecule has 0 saturated heterocycles. The van der Waals surface area contributed by atoms with Crippen molar-refractivity contribution in [3.8, 4) is 5.69 Å². The van der Waals surface area contributed by atoms with E-state index in [0.717, 1.165) is 25.0 Å². The molecule has 1 fully saturated rings. The Hall–Kier alpha value is -2.96. The van der Waals surface area contributed by atoms with Crippen LogP contribution in [0, 0.1) is 11.6 Å². The highest BCUT2D eigenvalue weighted by Crippen LogP contribution is 2.27. The molecule has 2 aromatic rings. The van der Waals surface area contributed by atoms with Crippen LogP contribution < -0.4 is 0 Å². The van der Waals surface area contributed by atoms with Crippen LogP contribution in [0.5, 0.6) is 0 Å². The molecule has 0 radical (unpaired) electrons. The highest BCUT2D eigenvalue weighted by Gasteiger charge is 2.23. The summed E-state index contributed by atoms with van der Waals surface area (Å²) in [6, 6.07) is 5.25. The predicted molar refractivity (Wildman–Crippen MR) is 93.4 cm³/mol. The molecule has 1 N–H and O–H groups in total. The number of hydrogen-bond acceptors (Lipinski definition) is 4. The molecule has 26 heavy (non-hydrogen) atoms. The Bertz CT molecular complexity index is 869. The lowest BCUT2D eigenvalue weighted by Crippen LogP contribution is -2.12. The maximum atomic E-state index is 14.5. The lowest BCUT2D eigenvalue weighted by Gasteiger charge is -2.11. The molecule has 1 aromatic heterocycles. The summed E-state index contributed by atoms with van der Waals surface area (Å²) in [5.41, 5.74) is -0.733. The number of aromatic nitrogens is 1. The van der Waals surface area contributed by atoms with E-state index in [1.54, 1.807) is 31.5 Å². The summed E-state index contributed by atoms with van der Waals surface area (Å²) in [7, 11) is 0. The molecule has 0 atom stereocenters. The summed E-state index contributed by atoms with van der Waals surface area (Å²) in [4.78, 5) is 16.2. The molecule has 1 aliphatic rings. The number of benzene rings is 1. The number of aliphatic hydroxyl groups excluding tert-OH is 1. The third-order valence-electron chi connectivity index (χ3n) is 3.89. The minimum absolute atomic E-state index is 0.00613. The highest BCUT2D eigenvalue weighted by atomic mass is 19.1. The molecule has 1 aromatic carbocycles. The quantitative estimate of drug-likeness (QED) is 0.369. The first-order valence-corrected chi connectivity index (χ1v) is 8.27. The summed E-state index contributed by atoms with van der Waals surface area (Å²) >= 11 is 0. The van der Waals surface area contributed by atoms with Crippen molar-refractivity contribution >= 4 is 17.9 Å². The standard InChI is InChI=1S/C19H18F2N2O3/c1-2-26-19(25)14(11-22-12-5-6-12)18(24)13-9-16(21)17(10-15(13)20)23-7-3-4-8-23/h3-4,7-12,24H,2,5-6H2,1H3. The first-order valence-electron chi connectivity index (χ1n) is 8.27. The molecule has 0 spiro atoms. The molecule has 0 bridgehead atoms. The monoisotopic (exact) mass is 360 g/mol. The summed E-state index contributed by atoms with van der Waals surface area (Å²) in [5.74, 6) is -3.16. The van der Waals surface area contributed by atoms with E-state index in [9.17, 15) is 18.7 Å². The topological polar surface area (TPSA) is 63.8 Å². The van der Waals surface area contributed by atoms with Gasteiger partial charge in [-0.05, 0) is 38.0 Å². The Morgan fingerprint density at radius 2 is 2.00 bits per heavy atom. The van der Waals surface area contributed by atoms with Gasteiger partial charge in [0.15, 0.2) is 0 Å². The van der Waals surface area contributed by atoms with Gasteiger partial charge in [0.25, 0.3) is 0 Å². The minimum Gasteiger partial charge on any atom is -0.506 e. The van der Waals surface area contributed by atoms with Gasteiger partial charge in [0, 0.05) is 24.7 Å². The molecular formula is C19H18F2N2O3. The Morgan fingerprint density at radius 3 is 2.62 bits per heavy atom.